The third kappa shape index (κ3) is 3.82. The fourth-order valence-electron chi connectivity index (χ4n) is 3.69. The molecule has 0 radical (unpaired) electrons. The Balaban J connectivity index is 1.67. The SMILES string of the molecule is COc1ccc(-c2ccc3oc(C#Cc4ccccc4)c(-c4ccccc4)c3c2)cc1. The summed E-state index contributed by atoms with van der Waals surface area (Å²) in [7, 11) is 1.68. The molecular weight excluding hydrogens is 380 g/mol. The molecule has 2 heteroatoms. The van der Waals surface area contributed by atoms with Crippen LogP contribution in [0.3, 0.4) is 0 Å². The highest BCUT2D eigenvalue weighted by Gasteiger charge is 2.15. The average molecular weight is 400 g/mol. The van der Waals surface area contributed by atoms with Crippen LogP contribution in [0.2, 0.25) is 0 Å². The number of hydrogen-bond acceptors (Lipinski definition) is 2. The molecule has 31 heavy (non-hydrogen) atoms. The topological polar surface area (TPSA) is 22.4 Å². The lowest BCUT2D eigenvalue weighted by Crippen LogP contribution is -1.83. The second kappa shape index (κ2) is 8.26. The molecule has 0 saturated carbocycles. The molecule has 0 atom stereocenters. The van der Waals surface area contributed by atoms with Crippen LogP contribution in [0.4, 0.5) is 0 Å². The molecule has 148 valence electrons. The first-order valence-corrected chi connectivity index (χ1v) is 10.2. The normalized spacial score (nSPS) is 10.5. The van der Waals surface area contributed by atoms with Crippen LogP contribution >= 0.6 is 0 Å². The van der Waals surface area contributed by atoms with Gasteiger partial charge in [-0.2, -0.15) is 0 Å². The first kappa shape index (κ1) is 18.8. The second-order valence-electron chi connectivity index (χ2n) is 7.23. The number of benzene rings is 4. The molecule has 4 aromatic carbocycles. The summed E-state index contributed by atoms with van der Waals surface area (Å²) in [6.45, 7) is 0. The van der Waals surface area contributed by atoms with Crippen LogP contribution in [0.5, 0.6) is 5.75 Å². The summed E-state index contributed by atoms with van der Waals surface area (Å²) in [4.78, 5) is 0. The van der Waals surface area contributed by atoms with Crippen molar-refractivity contribution in [1.82, 2.24) is 0 Å². The summed E-state index contributed by atoms with van der Waals surface area (Å²) in [6, 6.07) is 34.6. The summed E-state index contributed by atoms with van der Waals surface area (Å²) < 4.78 is 11.5. The largest absolute Gasteiger partial charge is 0.497 e. The quantitative estimate of drug-likeness (QED) is 0.299. The molecule has 0 N–H and O–H groups in total. The van der Waals surface area contributed by atoms with Crippen molar-refractivity contribution < 1.29 is 9.15 Å². The van der Waals surface area contributed by atoms with Crippen LogP contribution in [0.1, 0.15) is 11.3 Å². The maximum absolute atomic E-state index is 6.21. The van der Waals surface area contributed by atoms with Gasteiger partial charge in [0.25, 0.3) is 0 Å². The fraction of sp³-hybridized carbons (Fsp3) is 0.0345. The van der Waals surface area contributed by atoms with Crippen molar-refractivity contribution in [1.29, 1.82) is 0 Å². The molecule has 0 aliphatic carbocycles. The minimum atomic E-state index is 0.678. The van der Waals surface area contributed by atoms with Gasteiger partial charge in [-0.1, -0.05) is 72.7 Å². The minimum Gasteiger partial charge on any atom is -0.497 e. The van der Waals surface area contributed by atoms with E-state index >= 15 is 0 Å². The van der Waals surface area contributed by atoms with E-state index in [9.17, 15) is 0 Å². The van der Waals surface area contributed by atoms with Crippen LogP contribution in [0.25, 0.3) is 33.2 Å². The van der Waals surface area contributed by atoms with Gasteiger partial charge in [-0.25, -0.2) is 0 Å². The molecule has 0 aliphatic heterocycles. The Morgan fingerprint density at radius 2 is 1.32 bits per heavy atom. The molecule has 0 unspecified atom stereocenters. The number of ether oxygens (including phenoxy) is 1. The van der Waals surface area contributed by atoms with Crippen molar-refractivity contribution in [2.45, 2.75) is 0 Å². The third-order valence-electron chi connectivity index (χ3n) is 5.27. The summed E-state index contributed by atoms with van der Waals surface area (Å²) in [5.74, 6) is 8.01. The van der Waals surface area contributed by atoms with Crippen LogP contribution in [0, 0.1) is 11.8 Å². The van der Waals surface area contributed by atoms with Crippen molar-refractivity contribution in [3.8, 4) is 39.8 Å². The van der Waals surface area contributed by atoms with E-state index in [2.05, 4.69) is 48.2 Å². The Kier molecular flexibility index (Phi) is 5.01. The number of rotatable bonds is 3. The zero-order chi connectivity index (χ0) is 21.0. The highest BCUT2D eigenvalue weighted by Crippen LogP contribution is 2.37. The molecular formula is C29H20O2. The molecule has 0 amide bonds. The van der Waals surface area contributed by atoms with E-state index in [0.29, 0.717) is 5.76 Å². The first-order valence-electron chi connectivity index (χ1n) is 10.2. The Hall–Kier alpha value is -4.22. The smallest absolute Gasteiger partial charge is 0.186 e. The molecule has 0 saturated heterocycles. The van der Waals surface area contributed by atoms with Gasteiger partial charge in [-0.3, -0.25) is 0 Å². The lowest BCUT2D eigenvalue weighted by Gasteiger charge is -2.05. The van der Waals surface area contributed by atoms with E-state index in [-0.39, 0.29) is 0 Å². The van der Waals surface area contributed by atoms with Crippen LogP contribution in [-0.4, -0.2) is 7.11 Å². The van der Waals surface area contributed by atoms with Crippen LogP contribution < -0.4 is 4.74 Å². The van der Waals surface area contributed by atoms with Gasteiger partial charge in [0.05, 0.1) is 7.11 Å². The van der Waals surface area contributed by atoms with Gasteiger partial charge >= 0.3 is 0 Å². The van der Waals surface area contributed by atoms with Crippen molar-refractivity contribution in [2.24, 2.45) is 0 Å². The molecule has 0 aliphatic rings. The van der Waals surface area contributed by atoms with Gasteiger partial charge in [0.15, 0.2) is 5.76 Å². The molecule has 0 bridgehead atoms. The maximum Gasteiger partial charge on any atom is 0.186 e. The Bertz CT molecular complexity index is 1380. The summed E-state index contributed by atoms with van der Waals surface area (Å²) in [6.07, 6.45) is 0. The molecule has 1 aromatic heterocycles. The van der Waals surface area contributed by atoms with E-state index in [0.717, 1.165) is 44.5 Å². The summed E-state index contributed by atoms with van der Waals surface area (Å²) >= 11 is 0. The van der Waals surface area contributed by atoms with Gasteiger partial charge in [0, 0.05) is 16.5 Å². The van der Waals surface area contributed by atoms with Crippen LogP contribution in [0.15, 0.2) is 108 Å². The zero-order valence-electron chi connectivity index (χ0n) is 17.1. The first-order chi connectivity index (χ1) is 15.3. The maximum atomic E-state index is 6.21. The number of fused-ring (bicyclic) bond motifs is 1. The number of hydrogen-bond donors (Lipinski definition) is 0. The van der Waals surface area contributed by atoms with E-state index in [4.69, 9.17) is 9.15 Å². The van der Waals surface area contributed by atoms with Crippen molar-refractivity contribution in [2.75, 3.05) is 7.11 Å². The van der Waals surface area contributed by atoms with E-state index in [1.165, 1.54) is 0 Å². The predicted molar refractivity (Wildman–Crippen MR) is 126 cm³/mol. The molecule has 0 fully saturated rings. The van der Waals surface area contributed by atoms with E-state index in [1.807, 2.05) is 66.7 Å². The Labute approximate surface area is 181 Å². The average Bonchev–Trinajstić information content (AvgIpc) is 3.21. The molecule has 5 rings (SSSR count). The highest BCUT2D eigenvalue weighted by molar-refractivity contribution is 5.99. The number of furan rings is 1. The lowest BCUT2D eigenvalue weighted by molar-refractivity contribution is 0.415. The summed E-state index contributed by atoms with van der Waals surface area (Å²) in [5, 5.41) is 1.05. The van der Waals surface area contributed by atoms with Crippen LogP contribution in [-0.2, 0) is 0 Å². The highest BCUT2D eigenvalue weighted by atomic mass is 16.5. The summed E-state index contributed by atoms with van der Waals surface area (Å²) in [5.41, 5.74) is 6.14. The van der Waals surface area contributed by atoms with E-state index in [1.54, 1.807) is 7.11 Å². The fourth-order valence-corrected chi connectivity index (χ4v) is 3.69. The lowest BCUT2D eigenvalue weighted by atomic mass is 9.98. The van der Waals surface area contributed by atoms with Gasteiger partial charge in [-0.15, -0.1) is 0 Å². The standard InChI is InChI=1S/C29H20O2/c1-30-25-16-13-22(14-17-25)24-15-19-27-26(20-24)29(23-10-6-3-7-11-23)28(31-27)18-12-21-8-4-2-5-9-21/h2-11,13-17,19-20H,1H3. The Morgan fingerprint density at radius 1 is 0.645 bits per heavy atom. The third-order valence-corrected chi connectivity index (χ3v) is 5.27. The number of methoxy groups -OCH3 is 1. The molecule has 0 spiro atoms. The van der Waals surface area contributed by atoms with Gasteiger partial charge < -0.3 is 9.15 Å². The molecule has 5 aromatic rings. The van der Waals surface area contributed by atoms with E-state index < -0.39 is 0 Å². The molecule has 2 nitrogen and oxygen atoms in total. The molecule has 1 heterocycles. The minimum absolute atomic E-state index is 0.678. The monoisotopic (exact) mass is 400 g/mol. The van der Waals surface area contributed by atoms with Gasteiger partial charge in [0.2, 0.25) is 0 Å². The Morgan fingerprint density at radius 3 is 2.03 bits per heavy atom. The zero-order valence-corrected chi connectivity index (χ0v) is 17.1. The second-order valence-corrected chi connectivity index (χ2v) is 7.23. The predicted octanol–water partition coefficient (Wildman–Crippen LogP) is 7.18. The van der Waals surface area contributed by atoms with Gasteiger partial charge in [0.1, 0.15) is 11.3 Å². The van der Waals surface area contributed by atoms with Crippen molar-refractivity contribution >= 4 is 11.0 Å². The van der Waals surface area contributed by atoms with Gasteiger partial charge in [-0.05, 0) is 59.0 Å². The van der Waals surface area contributed by atoms with Crippen molar-refractivity contribution in [3.63, 3.8) is 0 Å². The van der Waals surface area contributed by atoms with Crippen molar-refractivity contribution in [3.05, 3.63) is 114 Å².